The van der Waals surface area contributed by atoms with Gasteiger partial charge in [-0.3, -0.25) is 9.78 Å². The van der Waals surface area contributed by atoms with Crippen molar-refractivity contribution in [1.29, 1.82) is 0 Å². The van der Waals surface area contributed by atoms with Crippen LogP contribution in [0.4, 0.5) is 0 Å². The van der Waals surface area contributed by atoms with E-state index in [2.05, 4.69) is 20.1 Å². The molecular formula is C17H14N4O3. The zero-order valence-corrected chi connectivity index (χ0v) is 12.7. The Kier molecular flexibility index (Phi) is 3.76. The largest absolute Gasteiger partial charge is 0.376 e. The lowest BCUT2D eigenvalue weighted by Crippen LogP contribution is -2.19. The van der Waals surface area contributed by atoms with Crippen molar-refractivity contribution in [2.75, 3.05) is 6.61 Å². The first-order chi connectivity index (χ1) is 11.8. The number of nitrogens with one attached hydrogen (secondary N) is 1. The van der Waals surface area contributed by atoms with Crippen LogP contribution in [0.15, 0.2) is 39.9 Å². The maximum atomic E-state index is 12.2. The predicted octanol–water partition coefficient (Wildman–Crippen LogP) is 2.06. The van der Waals surface area contributed by atoms with E-state index in [-0.39, 0.29) is 11.4 Å². The number of hydrogen-bond donors (Lipinski definition) is 1. The molecule has 120 valence electrons. The molecule has 0 spiro atoms. The van der Waals surface area contributed by atoms with E-state index in [1.807, 2.05) is 18.2 Å². The van der Waals surface area contributed by atoms with Gasteiger partial charge in [0.1, 0.15) is 0 Å². The molecule has 0 aliphatic carbocycles. The maximum absolute atomic E-state index is 12.2. The Hall–Kier alpha value is -3.06. The number of aromatic nitrogens is 4. The van der Waals surface area contributed by atoms with Gasteiger partial charge in [-0.05, 0) is 29.3 Å². The predicted molar refractivity (Wildman–Crippen MR) is 86.9 cm³/mol. The van der Waals surface area contributed by atoms with Gasteiger partial charge in [0.25, 0.3) is 11.4 Å². The van der Waals surface area contributed by atoms with Gasteiger partial charge in [-0.1, -0.05) is 11.2 Å². The van der Waals surface area contributed by atoms with Crippen LogP contribution >= 0.6 is 0 Å². The zero-order chi connectivity index (χ0) is 16.4. The average molecular weight is 322 g/mol. The van der Waals surface area contributed by atoms with Gasteiger partial charge in [-0.25, -0.2) is 0 Å². The first kappa shape index (κ1) is 14.5. The Morgan fingerprint density at radius 3 is 3.12 bits per heavy atom. The highest BCUT2D eigenvalue weighted by molar-refractivity contribution is 5.66. The lowest BCUT2D eigenvalue weighted by atomic mass is 10.1. The van der Waals surface area contributed by atoms with Gasteiger partial charge in [0.15, 0.2) is 0 Å². The van der Waals surface area contributed by atoms with Crippen molar-refractivity contribution < 1.29 is 9.26 Å². The van der Waals surface area contributed by atoms with E-state index in [4.69, 9.17) is 9.26 Å². The molecule has 7 heteroatoms. The van der Waals surface area contributed by atoms with E-state index in [1.165, 1.54) is 0 Å². The topological polar surface area (TPSA) is 93.9 Å². The van der Waals surface area contributed by atoms with Gasteiger partial charge in [-0.2, -0.15) is 4.98 Å². The summed E-state index contributed by atoms with van der Waals surface area (Å²) in [7, 11) is 0. The second-order valence-electron chi connectivity index (χ2n) is 5.39. The van der Waals surface area contributed by atoms with Crippen LogP contribution in [0.5, 0.6) is 0 Å². The maximum Gasteiger partial charge on any atom is 0.259 e. The normalized spacial score (nSPS) is 14.0. The molecule has 0 fully saturated rings. The number of hydrogen-bond acceptors (Lipinski definition) is 6. The van der Waals surface area contributed by atoms with Crippen LogP contribution in [-0.2, 0) is 17.8 Å². The van der Waals surface area contributed by atoms with Gasteiger partial charge < -0.3 is 14.2 Å². The number of rotatable bonds is 3. The van der Waals surface area contributed by atoms with Gasteiger partial charge >= 0.3 is 0 Å². The summed E-state index contributed by atoms with van der Waals surface area (Å²) in [6, 6.07) is 5.52. The molecule has 1 aliphatic heterocycles. The highest BCUT2D eigenvalue weighted by Gasteiger charge is 2.17. The zero-order valence-electron chi connectivity index (χ0n) is 12.7. The summed E-state index contributed by atoms with van der Waals surface area (Å²) >= 11 is 0. The highest BCUT2D eigenvalue weighted by atomic mass is 16.5. The summed E-state index contributed by atoms with van der Waals surface area (Å²) in [6.45, 7) is 1.10. The molecule has 0 aromatic carbocycles. The van der Waals surface area contributed by atoms with Crippen LogP contribution in [0.1, 0.15) is 22.7 Å². The molecule has 0 radical (unpaired) electrons. The summed E-state index contributed by atoms with van der Waals surface area (Å²) in [6.07, 6.45) is 7.63. The fraction of sp³-hybridized carbons (Fsp3) is 0.176. The number of aromatic amines is 1. The summed E-state index contributed by atoms with van der Waals surface area (Å²) < 4.78 is 10.6. The quantitative estimate of drug-likeness (QED) is 0.793. The van der Waals surface area contributed by atoms with Crippen molar-refractivity contribution in [3.05, 3.63) is 63.7 Å². The van der Waals surface area contributed by atoms with Crippen LogP contribution in [0.3, 0.4) is 0 Å². The van der Waals surface area contributed by atoms with Crippen molar-refractivity contribution >= 4 is 12.2 Å². The van der Waals surface area contributed by atoms with E-state index in [1.54, 1.807) is 24.5 Å². The Balaban J connectivity index is 1.63. The molecule has 0 atom stereocenters. The highest BCUT2D eigenvalue weighted by Crippen LogP contribution is 2.19. The molecule has 24 heavy (non-hydrogen) atoms. The van der Waals surface area contributed by atoms with Crippen molar-refractivity contribution in [3.8, 4) is 11.4 Å². The molecule has 7 nitrogen and oxygen atoms in total. The minimum Gasteiger partial charge on any atom is -0.376 e. The Bertz CT molecular complexity index is 944. The van der Waals surface area contributed by atoms with Gasteiger partial charge in [-0.15, -0.1) is 0 Å². The smallest absolute Gasteiger partial charge is 0.259 e. The molecular weight excluding hydrogens is 308 g/mol. The lowest BCUT2D eigenvalue weighted by molar-refractivity contribution is 0.109. The summed E-state index contributed by atoms with van der Waals surface area (Å²) in [5.41, 5.74) is 2.94. The molecule has 1 aliphatic rings. The third-order valence-electron chi connectivity index (χ3n) is 3.75. The summed E-state index contributed by atoms with van der Waals surface area (Å²) in [5.74, 6) is 0.581. The number of fused-ring (bicyclic) bond motifs is 1. The molecule has 3 aromatic rings. The minimum atomic E-state index is -0.223. The molecule has 3 aromatic heterocycles. The minimum absolute atomic E-state index is 0.223. The fourth-order valence-corrected chi connectivity index (χ4v) is 2.54. The monoisotopic (exact) mass is 322 g/mol. The number of pyridine rings is 2. The van der Waals surface area contributed by atoms with Crippen LogP contribution < -0.4 is 5.56 Å². The standard InChI is InChI=1S/C17H14N4O3/c22-17-13(8-12-10-23-7-5-14(12)19-17)16-20-15(24-21-16)4-3-11-2-1-6-18-9-11/h1-4,6,8-9H,5,7,10H2,(H,19,22)/b4-3+. The van der Waals surface area contributed by atoms with Crippen LogP contribution in [-0.4, -0.2) is 26.7 Å². The number of ether oxygens (including phenoxy) is 1. The molecule has 0 unspecified atom stereocenters. The first-order valence-electron chi connectivity index (χ1n) is 7.54. The third-order valence-corrected chi connectivity index (χ3v) is 3.75. The van der Waals surface area contributed by atoms with E-state index in [0.717, 1.165) is 16.8 Å². The van der Waals surface area contributed by atoms with Crippen molar-refractivity contribution in [2.45, 2.75) is 13.0 Å². The van der Waals surface area contributed by atoms with Crippen LogP contribution in [0, 0.1) is 0 Å². The van der Waals surface area contributed by atoms with Crippen molar-refractivity contribution in [2.24, 2.45) is 0 Å². The van der Waals surface area contributed by atoms with Gasteiger partial charge in [0.2, 0.25) is 5.82 Å². The van der Waals surface area contributed by atoms with E-state index in [0.29, 0.717) is 31.1 Å². The van der Waals surface area contributed by atoms with Crippen molar-refractivity contribution in [3.63, 3.8) is 0 Å². The third kappa shape index (κ3) is 2.89. The van der Waals surface area contributed by atoms with Crippen LogP contribution in [0.25, 0.3) is 23.5 Å². The lowest BCUT2D eigenvalue weighted by Gasteiger charge is -2.15. The Morgan fingerprint density at radius 1 is 1.29 bits per heavy atom. The molecule has 4 heterocycles. The summed E-state index contributed by atoms with van der Waals surface area (Å²) in [4.78, 5) is 23.4. The first-order valence-corrected chi connectivity index (χ1v) is 7.54. The van der Waals surface area contributed by atoms with Gasteiger partial charge in [0, 0.05) is 30.6 Å². The SMILES string of the molecule is O=c1[nH]c2c(cc1-c1noc(/C=C/c3cccnc3)n1)COCC2. The molecule has 0 bridgehead atoms. The molecule has 4 rings (SSSR count). The number of H-pyrrole nitrogens is 1. The van der Waals surface area contributed by atoms with E-state index in [9.17, 15) is 4.79 Å². The number of nitrogens with zero attached hydrogens (tertiary/aromatic N) is 3. The molecule has 1 N–H and O–H groups in total. The average Bonchev–Trinajstić information content (AvgIpc) is 3.09. The second-order valence-corrected chi connectivity index (χ2v) is 5.39. The molecule has 0 amide bonds. The van der Waals surface area contributed by atoms with Gasteiger partial charge in [0.05, 0.1) is 18.8 Å². The Morgan fingerprint density at radius 2 is 2.25 bits per heavy atom. The van der Waals surface area contributed by atoms with Crippen molar-refractivity contribution in [1.82, 2.24) is 20.1 Å². The fourth-order valence-electron chi connectivity index (χ4n) is 2.54. The molecule has 0 saturated carbocycles. The van der Waals surface area contributed by atoms with Crippen LogP contribution in [0.2, 0.25) is 0 Å². The molecule has 0 saturated heterocycles. The second kappa shape index (κ2) is 6.21. The Labute approximate surface area is 137 Å². The summed E-state index contributed by atoms with van der Waals surface area (Å²) in [5, 5.41) is 3.89. The van der Waals surface area contributed by atoms with E-state index < -0.39 is 0 Å². The van der Waals surface area contributed by atoms with E-state index >= 15 is 0 Å².